The molecule has 0 unspecified atom stereocenters. The number of nitrogens with zero attached hydrogens (tertiary/aromatic N) is 2. The molecule has 1 fully saturated rings. The van der Waals surface area contributed by atoms with Crippen molar-refractivity contribution in [3.05, 3.63) is 58.1 Å². The van der Waals surface area contributed by atoms with E-state index in [1.165, 1.54) is 0 Å². The first-order valence-electron chi connectivity index (χ1n) is 8.38. The van der Waals surface area contributed by atoms with Gasteiger partial charge in [-0.2, -0.15) is 4.31 Å². The molecule has 25 heavy (non-hydrogen) atoms. The number of benzene rings is 2. The number of anilines is 1. The van der Waals surface area contributed by atoms with Gasteiger partial charge >= 0.3 is 0 Å². The van der Waals surface area contributed by atoms with Crippen molar-refractivity contribution in [3.63, 3.8) is 0 Å². The highest BCUT2D eigenvalue weighted by Crippen LogP contribution is 2.28. The highest BCUT2D eigenvalue weighted by Gasteiger charge is 2.30. The molecule has 0 atom stereocenters. The van der Waals surface area contributed by atoms with Crippen molar-refractivity contribution in [2.24, 2.45) is 0 Å². The van der Waals surface area contributed by atoms with E-state index in [1.807, 2.05) is 51.1 Å². The molecule has 4 nitrogen and oxygen atoms in total. The van der Waals surface area contributed by atoms with E-state index in [0.29, 0.717) is 31.1 Å². The van der Waals surface area contributed by atoms with Crippen LogP contribution in [0, 0.1) is 20.8 Å². The van der Waals surface area contributed by atoms with Crippen LogP contribution in [0.1, 0.15) is 16.7 Å². The number of hydrogen-bond acceptors (Lipinski definition) is 3. The van der Waals surface area contributed by atoms with E-state index in [0.717, 1.165) is 27.4 Å². The highest BCUT2D eigenvalue weighted by atomic mass is 35.5. The number of aryl methyl sites for hydroxylation is 2. The molecule has 0 aromatic heterocycles. The average Bonchev–Trinajstić information content (AvgIpc) is 2.57. The summed E-state index contributed by atoms with van der Waals surface area (Å²) in [4.78, 5) is 2.61. The average molecular weight is 379 g/mol. The van der Waals surface area contributed by atoms with Gasteiger partial charge in [0, 0.05) is 36.9 Å². The molecule has 0 radical (unpaired) electrons. The minimum absolute atomic E-state index is 0.408. The Kier molecular flexibility index (Phi) is 5.09. The van der Waals surface area contributed by atoms with Crippen LogP contribution in [0.25, 0.3) is 0 Å². The van der Waals surface area contributed by atoms with Gasteiger partial charge in [-0.15, -0.1) is 0 Å². The molecule has 134 valence electrons. The van der Waals surface area contributed by atoms with Gasteiger partial charge in [0.1, 0.15) is 0 Å². The lowest BCUT2D eigenvalue weighted by atomic mass is 10.1. The molecule has 0 amide bonds. The summed E-state index contributed by atoms with van der Waals surface area (Å²) in [5.41, 5.74) is 3.98. The van der Waals surface area contributed by atoms with Gasteiger partial charge in [-0.1, -0.05) is 35.4 Å². The van der Waals surface area contributed by atoms with Crippen LogP contribution >= 0.6 is 11.6 Å². The summed E-state index contributed by atoms with van der Waals surface area (Å²) in [6.07, 6.45) is 0. The third kappa shape index (κ3) is 3.54. The molecular weight excluding hydrogens is 356 g/mol. The molecule has 3 rings (SSSR count). The van der Waals surface area contributed by atoms with E-state index >= 15 is 0 Å². The molecule has 0 bridgehead atoms. The number of rotatable bonds is 3. The third-order valence-electron chi connectivity index (χ3n) is 4.77. The molecule has 1 aliphatic rings. The van der Waals surface area contributed by atoms with Crippen LogP contribution < -0.4 is 4.90 Å². The molecule has 0 saturated carbocycles. The zero-order valence-electron chi connectivity index (χ0n) is 14.8. The first kappa shape index (κ1) is 18.2. The van der Waals surface area contributed by atoms with Gasteiger partial charge in [0.25, 0.3) is 0 Å². The van der Waals surface area contributed by atoms with Crippen LogP contribution in [-0.4, -0.2) is 38.9 Å². The molecule has 0 N–H and O–H groups in total. The van der Waals surface area contributed by atoms with Gasteiger partial charge in [0.05, 0.1) is 4.90 Å². The van der Waals surface area contributed by atoms with E-state index in [9.17, 15) is 8.42 Å². The predicted molar refractivity (Wildman–Crippen MR) is 103 cm³/mol. The van der Waals surface area contributed by atoms with Crippen molar-refractivity contribution in [1.29, 1.82) is 0 Å². The maximum Gasteiger partial charge on any atom is 0.243 e. The van der Waals surface area contributed by atoms with Crippen LogP contribution in [0.5, 0.6) is 0 Å². The van der Waals surface area contributed by atoms with Crippen LogP contribution in [0.3, 0.4) is 0 Å². The highest BCUT2D eigenvalue weighted by molar-refractivity contribution is 7.89. The van der Waals surface area contributed by atoms with Gasteiger partial charge in [0.15, 0.2) is 0 Å². The van der Waals surface area contributed by atoms with Gasteiger partial charge in [-0.05, 0) is 50.1 Å². The zero-order chi connectivity index (χ0) is 18.2. The Morgan fingerprint density at radius 1 is 0.960 bits per heavy atom. The summed E-state index contributed by atoms with van der Waals surface area (Å²) < 4.78 is 27.5. The second-order valence-electron chi connectivity index (χ2n) is 6.54. The van der Waals surface area contributed by atoms with Gasteiger partial charge < -0.3 is 4.90 Å². The van der Waals surface area contributed by atoms with Gasteiger partial charge in [-0.25, -0.2) is 8.42 Å². The largest absolute Gasteiger partial charge is 0.369 e. The Hall–Kier alpha value is -1.56. The van der Waals surface area contributed by atoms with Crippen LogP contribution in [0.15, 0.2) is 41.3 Å². The van der Waals surface area contributed by atoms with Gasteiger partial charge in [-0.3, -0.25) is 0 Å². The topological polar surface area (TPSA) is 40.6 Å². The Balaban J connectivity index is 1.78. The Bertz CT molecular complexity index is 888. The van der Waals surface area contributed by atoms with Crippen molar-refractivity contribution >= 4 is 27.3 Å². The molecular formula is C19H23ClN2O2S. The number of hydrogen-bond donors (Lipinski definition) is 0. The summed E-state index contributed by atoms with van der Waals surface area (Å²) >= 11 is 6.21. The fourth-order valence-corrected chi connectivity index (χ4v) is 5.13. The van der Waals surface area contributed by atoms with Crippen molar-refractivity contribution in [2.75, 3.05) is 31.1 Å². The fourth-order valence-electron chi connectivity index (χ4n) is 3.34. The van der Waals surface area contributed by atoms with E-state index < -0.39 is 10.0 Å². The lowest BCUT2D eigenvalue weighted by molar-refractivity contribution is 0.384. The smallest absolute Gasteiger partial charge is 0.243 e. The molecule has 6 heteroatoms. The molecule has 2 aromatic rings. The Morgan fingerprint density at radius 2 is 1.64 bits per heavy atom. The number of sulfonamides is 1. The van der Waals surface area contributed by atoms with Gasteiger partial charge in [0.2, 0.25) is 10.0 Å². The fraction of sp³-hybridized carbons (Fsp3) is 0.368. The first-order valence-corrected chi connectivity index (χ1v) is 10.2. The summed E-state index contributed by atoms with van der Waals surface area (Å²) in [6, 6.07) is 11.3. The molecule has 1 aliphatic heterocycles. The maximum atomic E-state index is 13.0. The maximum absolute atomic E-state index is 13.0. The molecule has 1 saturated heterocycles. The second-order valence-corrected chi connectivity index (χ2v) is 8.86. The van der Waals surface area contributed by atoms with Crippen molar-refractivity contribution in [1.82, 2.24) is 4.31 Å². The van der Waals surface area contributed by atoms with E-state index in [1.54, 1.807) is 10.4 Å². The number of piperazine rings is 1. The molecule has 1 heterocycles. The lowest BCUT2D eigenvalue weighted by Gasteiger charge is -2.36. The normalized spacial score (nSPS) is 16.2. The van der Waals surface area contributed by atoms with Crippen molar-refractivity contribution in [3.8, 4) is 0 Å². The minimum Gasteiger partial charge on any atom is -0.369 e. The zero-order valence-corrected chi connectivity index (χ0v) is 16.4. The van der Waals surface area contributed by atoms with Crippen LogP contribution in [-0.2, 0) is 10.0 Å². The van der Waals surface area contributed by atoms with E-state index in [4.69, 9.17) is 11.6 Å². The number of halogens is 1. The molecule has 0 spiro atoms. The summed E-state index contributed by atoms with van der Waals surface area (Å²) in [5, 5.41) is 0.739. The van der Waals surface area contributed by atoms with Crippen molar-refractivity contribution < 1.29 is 8.42 Å². The quantitative estimate of drug-likeness (QED) is 0.816. The van der Waals surface area contributed by atoms with Crippen LogP contribution in [0.4, 0.5) is 5.69 Å². The second kappa shape index (κ2) is 6.98. The Morgan fingerprint density at radius 3 is 2.28 bits per heavy atom. The summed E-state index contributed by atoms with van der Waals surface area (Å²) in [6.45, 7) is 8.08. The summed E-state index contributed by atoms with van der Waals surface area (Å²) in [7, 11) is -3.45. The third-order valence-corrected chi connectivity index (χ3v) is 7.24. The predicted octanol–water partition coefficient (Wildman–Crippen LogP) is 3.78. The minimum atomic E-state index is -3.45. The lowest BCUT2D eigenvalue weighted by Crippen LogP contribution is -2.49. The van der Waals surface area contributed by atoms with Crippen LogP contribution in [0.2, 0.25) is 5.02 Å². The molecule has 0 aliphatic carbocycles. The SMILES string of the molecule is Cc1ccc(S(=O)(=O)N2CCN(c3cccc(Cl)c3C)CC2)c(C)c1. The van der Waals surface area contributed by atoms with E-state index in [2.05, 4.69) is 4.90 Å². The first-order chi connectivity index (χ1) is 11.8. The monoisotopic (exact) mass is 378 g/mol. The van der Waals surface area contributed by atoms with Crippen molar-refractivity contribution in [2.45, 2.75) is 25.7 Å². The summed E-state index contributed by atoms with van der Waals surface area (Å²) in [5.74, 6) is 0. The van der Waals surface area contributed by atoms with E-state index in [-0.39, 0.29) is 0 Å². The standard InChI is InChI=1S/C19H23ClN2O2S/c1-14-7-8-19(15(2)13-14)25(23,24)22-11-9-21(10-12-22)18-6-4-5-17(20)16(18)3/h4-8,13H,9-12H2,1-3H3. The Labute approximate surface area is 155 Å². The molecule has 2 aromatic carbocycles.